The molecule has 0 atom stereocenters. The Morgan fingerprint density at radius 1 is 1.32 bits per heavy atom. The highest BCUT2D eigenvalue weighted by Gasteiger charge is 2.26. The second-order valence-electron chi connectivity index (χ2n) is 5.02. The molecule has 0 unspecified atom stereocenters. The lowest BCUT2D eigenvalue weighted by Crippen LogP contribution is -2.22. The molecule has 0 saturated carbocycles. The summed E-state index contributed by atoms with van der Waals surface area (Å²) in [5.74, 6) is -0.312. The number of benzene rings is 1. The molecular weight excluding hydrogens is 348 g/mol. The number of rotatable bonds is 3. The average molecular weight is 361 g/mol. The predicted octanol–water partition coefficient (Wildman–Crippen LogP) is 3.37. The number of ether oxygens (including phenoxy) is 1. The first-order valence-electron chi connectivity index (χ1n) is 7.17. The van der Waals surface area contributed by atoms with Crippen molar-refractivity contribution in [1.82, 2.24) is 14.9 Å². The van der Waals surface area contributed by atoms with Crippen LogP contribution in [0.2, 0.25) is 5.02 Å². The van der Waals surface area contributed by atoms with E-state index >= 15 is 0 Å². The van der Waals surface area contributed by atoms with E-state index in [-0.39, 0.29) is 5.69 Å². The molecule has 0 radical (unpaired) electrons. The fourth-order valence-corrected chi connectivity index (χ4v) is 2.50. The van der Waals surface area contributed by atoms with E-state index in [2.05, 4.69) is 15.6 Å². The van der Waals surface area contributed by atoms with Gasteiger partial charge in [-0.15, -0.1) is 0 Å². The molecule has 2 heterocycles. The Morgan fingerprint density at radius 3 is 2.84 bits per heavy atom. The van der Waals surface area contributed by atoms with Crippen molar-refractivity contribution in [3.05, 3.63) is 53.0 Å². The van der Waals surface area contributed by atoms with Crippen molar-refractivity contribution in [1.29, 1.82) is 0 Å². The molecule has 0 aliphatic carbocycles. The van der Waals surface area contributed by atoms with Gasteiger partial charge in [-0.1, -0.05) is 22.8 Å². The molecule has 1 N–H and O–H groups in total. The Hall–Kier alpha value is -3.13. The Balaban J connectivity index is 1.97. The van der Waals surface area contributed by atoms with Crippen LogP contribution in [-0.4, -0.2) is 34.0 Å². The fourth-order valence-electron chi connectivity index (χ4n) is 2.31. The van der Waals surface area contributed by atoms with Crippen molar-refractivity contribution < 1.29 is 18.8 Å². The van der Waals surface area contributed by atoms with E-state index in [4.69, 9.17) is 20.9 Å². The minimum atomic E-state index is -0.671. The first-order valence-corrected chi connectivity index (χ1v) is 7.55. The summed E-state index contributed by atoms with van der Waals surface area (Å²) in [7, 11) is 1.24. The van der Waals surface area contributed by atoms with Gasteiger partial charge in [0.25, 0.3) is 0 Å². The van der Waals surface area contributed by atoms with E-state index in [1.165, 1.54) is 13.3 Å². The number of carbonyl (C=O) groups excluding carboxylic acids is 2. The number of hydrogen-bond donors (Lipinski definition) is 1. The standard InChI is InChI=1S/C16H13ClN4O4/c1-9-13(14(20-25-9)15(22)24-2)12-6-7-18-21(12)16(23)19-11-5-3-4-10(17)8-11/h3-8H,1-2H3,(H,19,23). The van der Waals surface area contributed by atoms with Crippen LogP contribution in [0.1, 0.15) is 16.2 Å². The molecule has 3 rings (SSSR count). The van der Waals surface area contributed by atoms with Gasteiger partial charge in [0.05, 0.1) is 24.6 Å². The number of esters is 1. The van der Waals surface area contributed by atoms with Crippen molar-refractivity contribution in [3.63, 3.8) is 0 Å². The minimum Gasteiger partial charge on any atom is -0.464 e. The summed E-state index contributed by atoms with van der Waals surface area (Å²) in [6.45, 7) is 1.63. The number of halogens is 1. The van der Waals surface area contributed by atoms with Gasteiger partial charge in [0.15, 0.2) is 0 Å². The first-order chi connectivity index (χ1) is 12.0. The van der Waals surface area contributed by atoms with Crippen LogP contribution in [0, 0.1) is 6.92 Å². The van der Waals surface area contributed by atoms with Crippen molar-refractivity contribution >= 4 is 29.3 Å². The zero-order valence-corrected chi connectivity index (χ0v) is 14.1. The third kappa shape index (κ3) is 3.24. The molecule has 9 heteroatoms. The number of nitrogens with one attached hydrogen (secondary N) is 1. The van der Waals surface area contributed by atoms with Crippen LogP contribution in [0.15, 0.2) is 41.1 Å². The molecule has 25 heavy (non-hydrogen) atoms. The maximum atomic E-state index is 12.5. The third-order valence-corrected chi connectivity index (χ3v) is 3.64. The van der Waals surface area contributed by atoms with Crippen LogP contribution >= 0.6 is 11.6 Å². The largest absolute Gasteiger partial charge is 0.464 e. The lowest BCUT2D eigenvalue weighted by molar-refractivity contribution is 0.0590. The van der Waals surface area contributed by atoms with Crippen molar-refractivity contribution in [2.75, 3.05) is 12.4 Å². The lowest BCUT2D eigenvalue weighted by atomic mass is 10.1. The molecule has 3 aromatic rings. The van der Waals surface area contributed by atoms with E-state index < -0.39 is 12.0 Å². The number of methoxy groups -OCH3 is 1. The SMILES string of the molecule is COC(=O)c1noc(C)c1-c1ccnn1C(=O)Nc1cccc(Cl)c1. The van der Waals surface area contributed by atoms with Gasteiger partial charge in [-0.3, -0.25) is 0 Å². The Bertz CT molecular complexity index is 947. The van der Waals surface area contributed by atoms with Gasteiger partial charge < -0.3 is 14.6 Å². The molecule has 0 saturated heterocycles. The van der Waals surface area contributed by atoms with Gasteiger partial charge >= 0.3 is 12.0 Å². The van der Waals surface area contributed by atoms with Crippen molar-refractivity contribution in [2.45, 2.75) is 6.92 Å². The summed E-state index contributed by atoms with van der Waals surface area (Å²) in [6, 6.07) is 7.74. The number of carbonyl (C=O) groups is 2. The Kier molecular flexibility index (Phi) is 4.53. The number of nitrogens with zero attached hydrogens (tertiary/aromatic N) is 3. The van der Waals surface area contributed by atoms with Gasteiger partial charge in [-0.2, -0.15) is 9.78 Å². The summed E-state index contributed by atoms with van der Waals surface area (Å²) in [6.07, 6.45) is 1.43. The van der Waals surface area contributed by atoms with Gasteiger partial charge in [0, 0.05) is 10.7 Å². The van der Waals surface area contributed by atoms with Gasteiger partial charge in [0.2, 0.25) is 5.69 Å². The van der Waals surface area contributed by atoms with Gasteiger partial charge in [0.1, 0.15) is 5.76 Å². The fraction of sp³-hybridized carbons (Fsp3) is 0.125. The van der Waals surface area contributed by atoms with Crippen molar-refractivity contribution in [3.8, 4) is 11.3 Å². The third-order valence-electron chi connectivity index (χ3n) is 3.41. The second kappa shape index (κ2) is 6.78. The maximum Gasteiger partial charge on any atom is 0.360 e. The van der Waals surface area contributed by atoms with Crippen LogP contribution in [-0.2, 0) is 4.74 Å². The molecule has 128 valence electrons. The molecule has 0 fully saturated rings. The summed E-state index contributed by atoms with van der Waals surface area (Å²) in [5.41, 5.74) is 1.16. The quantitative estimate of drug-likeness (QED) is 0.719. The van der Waals surface area contributed by atoms with Crippen molar-refractivity contribution in [2.24, 2.45) is 0 Å². The van der Waals surface area contributed by atoms with Crippen LogP contribution in [0.25, 0.3) is 11.3 Å². The van der Waals surface area contributed by atoms with E-state index in [0.717, 1.165) is 4.68 Å². The topological polar surface area (TPSA) is 99.2 Å². The van der Waals surface area contributed by atoms with E-state index in [1.807, 2.05) is 0 Å². The normalized spacial score (nSPS) is 10.5. The average Bonchev–Trinajstić information content (AvgIpc) is 3.20. The maximum absolute atomic E-state index is 12.5. The number of aromatic nitrogens is 3. The monoisotopic (exact) mass is 360 g/mol. The molecule has 2 aromatic heterocycles. The number of anilines is 1. The highest BCUT2D eigenvalue weighted by molar-refractivity contribution is 6.30. The summed E-state index contributed by atoms with van der Waals surface area (Å²) in [4.78, 5) is 24.4. The second-order valence-corrected chi connectivity index (χ2v) is 5.46. The Morgan fingerprint density at radius 2 is 2.12 bits per heavy atom. The number of aryl methyl sites for hydroxylation is 1. The number of hydrogen-bond acceptors (Lipinski definition) is 6. The Labute approximate surface area is 147 Å². The zero-order chi connectivity index (χ0) is 18.0. The summed E-state index contributed by atoms with van der Waals surface area (Å²) < 4.78 is 10.9. The van der Waals surface area contributed by atoms with Crippen LogP contribution < -0.4 is 5.32 Å². The molecule has 0 aliphatic rings. The van der Waals surface area contributed by atoms with E-state index in [1.54, 1.807) is 37.3 Å². The molecule has 0 spiro atoms. The van der Waals surface area contributed by atoms with Crippen LogP contribution in [0.4, 0.5) is 10.5 Å². The molecule has 8 nitrogen and oxygen atoms in total. The predicted molar refractivity (Wildman–Crippen MR) is 89.7 cm³/mol. The number of amides is 1. The summed E-state index contributed by atoms with van der Waals surface area (Å²) in [5, 5.41) is 10.9. The molecular formula is C16H13ClN4O4. The molecule has 0 bridgehead atoms. The zero-order valence-electron chi connectivity index (χ0n) is 13.3. The van der Waals surface area contributed by atoms with Crippen LogP contribution in [0.3, 0.4) is 0 Å². The minimum absolute atomic E-state index is 0.0303. The lowest BCUT2D eigenvalue weighted by Gasteiger charge is -2.08. The molecule has 1 aromatic carbocycles. The van der Waals surface area contributed by atoms with E-state index in [9.17, 15) is 9.59 Å². The van der Waals surface area contributed by atoms with E-state index in [0.29, 0.717) is 27.7 Å². The van der Waals surface area contributed by atoms with Crippen LogP contribution in [0.5, 0.6) is 0 Å². The molecule has 0 aliphatic heterocycles. The highest BCUT2D eigenvalue weighted by atomic mass is 35.5. The summed E-state index contributed by atoms with van der Waals surface area (Å²) >= 11 is 5.91. The van der Waals surface area contributed by atoms with Gasteiger partial charge in [-0.25, -0.2) is 9.59 Å². The highest BCUT2D eigenvalue weighted by Crippen LogP contribution is 2.28. The first kappa shape index (κ1) is 16.7. The smallest absolute Gasteiger partial charge is 0.360 e. The van der Waals surface area contributed by atoms with Gasteiger partial charge in [-0.05, 0) is 31.2 Å². The molecule has 1 amide bonds.